The van der Waals surface area contributed by atoms with Crippen molar-refractivity contribution in [2.75, 3.05) is 10.1 Å². The molecule has 1 aromatic rings. The number of aliphatic hydroxyl groups is 1. The topological polar surface area (TPSA) is 116 Å². The van der Waals surface area contributed by atoms with Crippen LogP contribution in [-0.4, -0.2) is 63.3 Å². The van der Waals surface area contributed by atoms with Crippen molar-refractivity contribution in [3.63, 3.8) is 0 Å². The van der Waals surface area contributed by atoms with Gasteiger partial charge in [-0.25, -0.2) is 13.2 Å². The van der Waals surface area contributed by atoms with E-state index in [9.17, 15) is 23.4 Å². The van der Waals surface area contributed by atoms with Gasteiger partial charge in [0.2, 0.25) is 10.0 Å². The largest absolute Gasteiger partial charge is 0.465 e. The molecule has 0 aliphatic carbocycles. The summed E-state index contributed by atoms with van der Waals surface area (Å²) >= 11 is 0. The van der Waals surface area contributed by atoms with E-state index in [2.05, 4.69) is 5.10 Å². The van der Waals surface area contributed by atoms with Crippen LogP contribution in [0.2, 0.25) is 0 Å². The minimum atomic E-state index is -3.63. The van der Waals surface area contributed by atoms with Crippen LogP contribution in [0, 0.1) is 0 Å². The Balaban J connectivity index is 2.04. The lowest BCUT2D eigenvalue weighted by Crippen LogP contribution is -2.45. The van der Waals surface area contributed by atoms with E-state index in [4.69, 9.17) is 0 Å². The van der Waals surface area contributed by atoms with E-state index in [0.29, 0.717) is 17.9 Å². The maximum atomic E-state index is 12.2. The summed E-state index contributed by atoms with van der Waals surface area (Å²) in [5.41, 5.74) is 0.882. The predicted molar refractivity (Wildman–Crippen MR) is 77.0 cm³/mol. The Labute approximate surface area is 127 Å². The molecule has 3 atom stereocenters. The van der Waals surface area contributed by atoms with Gasteiger partial charge in [-0.1, -0.05) is 0 Å². The van der Waals surface area contributed by atoms with Gasteiger partial charge in [-0.2, -0.15) is 5.10 Å². The quantitative estimate of drug-likeness (QED) is 0.728. The van der Waals surface area contributed by atoms with Gasteiger partial charge >= 0.3 is 6.09 Å². The van der Waals surface area contributed by atoms with Gasteiger partial charge < -0.3 is 10.2 Å². The van der Waals surface area contributed by atoms with E-state index in [-0.39, 0.29) is 18.3 Å². The molecule has 0 spiro atoms. The van der Waals surface area contributed by atoms with Gasteiger partial charge in [-0.3, -0.25) is 13.9 Å². The summed E-state index contributed by atoms with van der Waals surface area (Å²) in [6.45, 7) is 3.84. The number of fused-ring (bicyclic) bond motifs is 1. The van der Waals surface area contributed by atoms with Gasteiger partial charge in [-0.05, 0) is 13.8 Å². The van der Waals surface area contributed by atoms with E-state index in [0.717, 1.165) is 4.31 Å². The first-order valence-electron chi connectivity index (χ1n) is 6.97. The van der Waals surface area contributed by atoms with Crippen LogP contribution in [0.25, 0.3) is 0 Å². The van der Waals surface area contributed by atoms with Crippen molar-refractivity contribution in [2.45, 2.75) is 45.1 Å². The minimum Gasteiger partial charge on any atom is -0.465 e. The molecule has 2 aliphatic rings. The number of anilines is 1. The van der Waals surface area contributed by atoms with Crippen LogP contribution in [0.4, 0.5) is 10.5 Å². The molecule has 1 aromatic heterocycles. The molecule has 10 heteroatoms. The number of sulfonamides is 1. The van der Waals surface area contributed by atoms with Crippen molar-refractivity contribution in [1.82, 2.24) is 14.7 Å². The molecule has 2 unspecified atom stereocenters. The summed E-state index contributed by atoms with van der Waals surface area (Å²) in [7, 11) is -3.63. The molecule has 0 saturated carbocycles. The zero-order valence-electron chi connectivity index (χ0n) is 12.2. The molecule has 1 fully saturated rings. The van der Waals surface area contributed by atoms with E-state index in [1.807, 2.05) is 0 Å². The molecular formula is C12H18N4O5S. The number of hydrogen-bond acceptors (Lipinski definition) is 5. The first-order chi connectivity index (χ1) is 10.2. The molecule has 9 nitrogen and oxygen atoms in total. The van der Waals surface area contributed by atoms with Crippen molar-refractivity contribution in [1.29, 1.82) is 0 Å². The van der Waals surface area contributed by atoms with Crippen LogP contribution < -0.4 is 4.31 Å². The van der Waals surface area contributed by atoms with Crippen LogP contribution >= 0.6 is 0 Å². The Morgan fingerprint density at radius 3 is 2.64 bits per heavy atom. The second-order valence-corrected chi connectivity index (χ2v) is 7.69. The third-order valence-corrected chi connectivity index (χ3v) is 6.20. The maximum Gasteiger partial charge on any atom is 0.407 e. The van der Waals surface area contributed by atoms with Crippen LogP contribution in [0.15, 0.2) is 6.20 Å². The summed E-state index contributed by atoms with van der Waals surface area (Å²) in [5.74, 6) is -0.335. The highest BCUT2D eigenvalue weighted by atomic mass is 32.2. The van der Waals surface area contributed by atoms with Gasteiger partial charge in [0.1, 0.15) is 0 Å². The summed E-state index contributed by atoms with van der Waals surface area (Å²) in [5, 5.41) is 23.3. The highest BCUT2D eigenvalue weighted by molar-refractivity contribution is 7.93. The zero-order valence-corrected chi connectivity index (χ0v) is 13.1. The smallest absolute Gasteiger partial charge is 0.407 e. The Morgan fingerprint density at radius 2 is 2.09 bits per heavy atom. The molecule has 0 aromatic carbocycles. The summed E-state index contributed by atoms with van der Waals surface area (Å²) in [6.07, 6.45) is -0.596. The molecule has 0 radical (unpaired) electrons. The fourth-order valence-electron chi connectivity index (χ4n) is 3.04. The average molecular weight is 330 g/mol. The van der Waals surface area contributed by atoms with Crippen molar-refractivity contribution in [2.24, 2.45) is 0 Å². The maximum absolute atomic E-state index is 12.2. The molecular weight excluding hydrogens is 312 g/mol. The summed E-state index contributed by atoms with van der Waals surface area (Å²) < 4.78 is 27.3. The van der Waals surface area contributed by atoms with E-state index >= 15 is 0 Å². The number of carbonyl (C=O) groups is 1. The summed E-state index contributed by atoms with van der Waals surface area (Å²) in [4.78, 5) is 12.6. The molecule has 2 N–H and O–H groups in total. The molecule has 3 heterocycles. The number of hydrogen-bond donors (Lipinski definition) is 2. The van der Waals surface area contributed by atoms with Gasteiger partial charge in [-0.15, -0.1) is 0 Å². The van der Waals surface area contributed by atoms with Crippen molar-refractivity contribution >= 4 is 21.8 Å². The zero-order chi connectivity index (χ0) is 16.2. The fourth-order valence-corrected chi connectivity index (χ4v) is 5.01. The van der Waals surface area contributed by atoms with Gasteiger partial charge in [0.05, 0.1) is 54.6 Å². The highest BCUT2D eigenvalue weighted by Crippen LogP contribution is 2.34. The van der Waals surface area contributed by atoms with E-state index in [1.165, 1.54) is 11.1 Å². The third kappa shape index (κ3) is 2.13. The van der Waals surface area contributed by atoms with Gasteiger partial charge in [0.15, 0.2) is 0 Å². The second kappa shape index (κ2) is 4.85. The highest BCUT2D eigenvalue weighted by Gasteiger charge is 2.44. The van der Waals surface area contributed by atoms with E-state index in [1.54, 1.807) is 18.5 Å². The minimum absolute atomic E-state index is 0.0701. The SMILES string of the molecule is CC1C(O)CS(=O)(=O)N1c1cnn2c1CN(C(=O)O)[C@@H](C)C2. The monoisotopic (exact) mass is 330 g/mol. The number of aromatic nitrogens is 2. The van der Waals surface area contributed by atoms with Crippen molar-refractivity contribution in [3.8, 4) is 0 Å². The average Bonchev–Trinajstić information content (AvgIpc) is 2.87. The number of amides is 1. The molecule has 3 rings (SSSR count). The number of carboxylic acid groups (broad SMARTS) is 1. The van der Waals surface area contributed by atoms with Crippen molar-refractivity contribution in [3.05, 3.63) is 11.9 Å². The molecule has 122 valence electrons. The predicted octanol–water partition coefficient (Wildman–Crippen LogP) is -0.336. The molecule has 1 amide bonds. The third-order valence-electron chi connectivity index (χ3n) is 4.31. The summed E-state index contributed by atoms with van der Waals surface area (Å²) in [6, 6.07) is -0.840. The first kappa shape index (κ1) is 15.1. The number of nitrogens with zero attached hydrogens (tertiary/aromatic N) is 4. The first-order valence-corrected chi connectivity index (χ1v) is 8.57. The standard InChI is InChI=1S/C12H18N4O5S/c1-7-4-15-10(5-14(7)12(18)19)9(3-13-15)16-8(2)11(17)6-22(16,20)21/h3,7-8,11,17H,4-6H2,1-2H3,(H,18,19)/t7-,8?,11?/m0/s1. The lowest BCUT2D eigenvalue weighted by molar-refractivity contribution is 0.105. The van der Waals surface area contributed by atoms with E-state index < -0.39 is 28.3 Å². The number of rotatable bonds is 1. The molecule has 1 saturated heterocycles. The van der Waals surface area contributed by atoms with Crippen LogP contribution in [0.1, 0.15) is 19.5 Å². The lowest BCUT2D eigenvalue weighted by Gasteiger charge is -2.33. The molecule has 0 bridgehead atoms. The number of aliphatic hydroxyl groups excluding tert-OH is 1. The Kier molecular flexibility index (Phi) is 3.33. The van der Waals surface area contributed by atoms with Gasteiger partial charge in [0, 0.05) is 0 Å². The Morgan fingerprint density at radius 1 is 1.41 bits per heavy atom. The van der Waals surface area contributed by atoms with Crippen LogP contribution in [0.5, 0.6) is 0 Å². The van der Waals surface area contributed by atoms with Crippen LogP contribution in [-0.2, 0) is 23.1 Å². The molecule has 22 heavy (non-hydrogen) atoms. The van der Waals surface area contributed by atoms with Gasteiger partial charge in [0.25, 0.3) is 0 Å². The second-order valence-electron chi connectivity index (χ2n) is 5.80. The fraction of sp³-hybridized carbons (Fsp3) is 0.667. The Hall–Kier alpha value is -1.81. The Bertz CT molecular complexity index is 715. The normalized spacial score (nSPS) is 30.4. The van der Waals surface area contributed by atoms with Crippen molar-refractivity contribution < 1.29 is 23.4 Å². The van der Waals surface area contributed by atoms with Crippen LogP contribution in [0.3, 0.4) is 0 Å². The lowest BCUT2D eigenvalue weighted by atomic mass is 10.1. The molecule has 2 aliphatic heterocycles.